The van der Waals surface area contributed by atoms with Crippen molar-refractivity contribution in [1.29, 1.82) is 0 Å². The van der Waals surface area contributed by atoms with Gasteiger partial charge in [0.1, 0.15) is 6.33 Å². The molecule has 6 heteroatoms. The van der Waals surface area contributed by atoms with Gasteiger partial charge in [-0.3, -0.25) is 0 Å². The molecular formula is C11H17N3O2S. The van der Waals surface area contributed by atoms with Gasteiger partial charge in [-0.1, -0.05) is 12.2 Å². The topological polar surface area (TPSA) is 55.2 Å². The largest absolute Gasteiger partial charge is 0.308 e. The Hall–Kier alpha value is -1.40. The maximum Gasteiger partial charge on any atom is 0.308 e. The molecule has 0 radical (unpaired) electrons. The van der Waals surface area contributed by atoms with Crippen LogP contribution in [0.15, 0.2) is 31.6 Å². The monoisotopic (exact) mass is 255 g/mol. The van der Waals surface area contributed by atoms with Gasteiger partial charge in [0.25, 0.3) is 0 Å². The minimum Gasteiger partial charge on any atom is -0.240 e. The summed E-state index contributed by atoms with van der Waals surface area (Å²) in [5.41, 5.74) is 1.35. The van der Waals surface area contributed by atoms with E-state index in [0.717, 1.165) is 4.31 Å². The molecular weight excluding hydrogens is 238 g/mol. The average Bonchev–Trinajstić information content (AvgIpc) is 2.63. The predicted molar refractivity (Wildman–Crippen MR) is 68.0 cm³/mol. The van der Waals surface area contributed by atoms with Gasteiger partial charge in [-0.25, -0.2) is 8.96 Å². The molecule has 94 valence electrons. The lowest BCUT2D eigenvalue weighted by atomic mass is 10.2. The molecule has 1 heterocycles. The van der Waals surface area contributed by atoms with Crippen LogP contribution in [0, 0.1) is 0 Å². The van der Waals surface area contributed by atoms with Crippen LogP contribution < -0.4 is 0 Å². The van der Waals surface area contributed by atoms with E-state index in [4.69, 9.17) is 0 Å². The molecule has 1 aromatic heterocycles. The van der Waals surface area contributed by atoms with Crippen molar-refractivity contribution in [1.82, 2.24) is 13.3 Å². The molecule has 0 N–H and O–H groups in total. The van der Waals surface area contributed by atoms with Crippen LogP contribution in [0.4, 0.5) is 0 Å². The van der Waals surface area contributed by atoms with Gasteiger partial charge in [-0.2, -0.15) is 12.7 Å². The zero-order chi connectivity index (χ0) is 13.1. The Labute approximate surface area is 102 Å². The first kappa shape index (κ1) is 13.7. The average molecular weight is 255 g/mol. The second-order valence-electron chi connectivity index (χ2n) is 3.71. The van der Waals surface area contributed by atoms with E-state index in [0.29, 0.717) is 24.2 Å². The van der Waals surface area contributed by atoms with Crippen molar-refractivity contribution in [2.75, 3.05) is 14.1 Å². The number of rotatable bonds is 6. The Morgan fingerprint density at radius 1 is 1.35 bits per heavy atom. The Morgan fingerprint density at radius 3 is 2.41 bits per heavy atom. The molecule has 0 saturated heterocycles. The normalized spacial score (nSPS) is 11.7. The molecule has 0 aliphatic heterocycles. The molecule has 0 saturated carbocycles. The van der Waals surface area contributed by atoms with Crippen molar-refractivity contribution in [2.45, 2.75) is 12.8 Å². The molecule has 0 aliphatic rings. The van der Waals surface area contributed by atoms with Crippen LogP contribution in [0.25, 0.3) is 0 Å². The summed E-state index contributed by atoms with van der Waals surface area (Å²) in [5, 5.41) is 0. The minimum atomic E-state index is -3.52. The van der Waals surface area contributed by atoms with E-state index in [-0.39, 0.29) is 0 Å². The third kappa shape index (κ3) is 2.65. The molecule has 0 amide bonds. The number of imidazole rings is 1. The number of hydrogen-bond acceptors (Lipinski definition) is 3. The fraction of sp³-hybridized carbons (Fsp3) is 0.364. The zero-order valence-electron chi connectivity index (χ0n) is 10.1. The molecule has 1 aromatic rings. The first-order valence-corrected chi connectivity index (χ1v) is 6.54. The summed E-state index contributed by atoms with van der Waals surface area (Å²) < 4.78 is 26.4. The van der Waals surface area contributed by atoms with Gasteiger partial charge in [0.15, 0.2) is 0 Å². The lowest BCUT2D eigenvalue weighted by Gasteiger charge is -2.14. The summed E-state index contributed by atoms with van der Waals surface area (Å²) in [6, 6.07) is 0. The summed E-state index contributed by atoms with van der Waals surface area (Å²) in [7, 11) is -0.549. The van der Waals surface area contributed by atoms with Gasteiger partial charge < -0.3 is 0 Å². The Morgan fingerprint density at radius 2 is 1.94 bits per heavy atom. The van der Waals surface area contributed by atoms with Gasteiger partial charge in [0.2, 0.25) is 0 Å². The third-order valence-corrected chi connectivity index (χ3v) is 4.04. The van der Waals surface area contributed by atoms with Gasteiger partial charge in [0.05, 0.1) is 11.4 Å². The molecule has 5 nitrogen and oxygen atoms in total. The molecule has 0 atom stereocenters. The highest BCUT2D eigenvalue weighted by Gasteiger charge is 2.21. The lowest BCUT2D eigenvalue weighted by molar-refractivity contribution is 0.509. The second-order valence-corrected chi connectivity index (χ2v) is 5.73. The zero-order valence-corrected chi connectivity index (χ0v) is 10.9. The standard InChI is InChI=1S/C11H17N3O2S/c1-5-7-10-11(8-6-2)14(9-12-10)17(15,16)13(3)4/h5-6,9H,1-2,7-8H2,3-4H3. The highest BCUT2D eigenvalue weighted by molar-refractivity contribution is 7.87. The van der Waals surface area contributed by atoms with Crippen LogP contribution in [0.2, 0.25) is 0 Å². The van der Waals surface area contributed by atoms with E-state index >= 15 is 0 Å². The second kappa shape index (κ2) is 5.29. The van der Waals surface area contributed by atoms with Gasteiger partial charge in [-0.15, -0.1) is 13.2 Å². The molecule has 0 fully saturated rings. The van der Waals surface area contributed by atoms with Crippen molar-refractivity contribution in [2.24, 2.45) is 0 Å². The maximum absolute atomic E-state index is 12.0. The summed E-state index contributed by atoms with van der Waals surface area (Å²) in [6.45, 7) is 7.26. The van der Waals surface area contributed by atoms with Crippen LogP contribution in [-0.2, 0) is 23.1 Å². The van der Waals surface area contributed by atoms with Crippen molar-refractivity contribution in [3.05, 3.63) is 43.0 Å². The highest BCUT2D eigenvalue weighted by atomic mass is 32.2. The van der Waals surface area contributed by atoms with Crippen LogP contribution in [0.3, 0.4) is 0 Å². The van der Waals surface area contributed by atoms with E-state index in [1.165, 1.54) is 24.4 Å². The van der Waals surface area contributed by atoms with E-state index in [1.54, 1.807) is 12.2 Å². The van der Waals surface area contributed by atoms with Crippen LogP contribution in [-0.4, -0.2) is 35.8 Å². The molecule has 1 rings (SSSR count). The van der Waals surface area contributed by atoms with E-state index < -0.39 is 10.2 Å². The quantitative estimate of drug-likeness (QED) is 0.712. The first-order valence-electron chi connectivity index (χ1n) is 5.15. The van der Waals surface area contributed by atoms with Crippen LogP contribution in [0.1, 0.15) is 11.4 Å². The summed E-state index contributed by atoms with van der Waals surface area (Å²) >= 11 is 0. The molecule has 0 aromatic carbocycles. The minimum absolute atomic E-state index is 0.455. The lowest BCUT2D eigenvalue weighted by Crippen LogP contribution is -2.29. The Balaban J connectivity index is 3.34. The highest BCUT2D eigenvalue weighted by Crippen LogP contribution is 2.14. The van der Waals surface area contributed by atoms with Gasteiger partial charge in [0, 0.05) is 26.9 Å². The third-order valence-electron chi connectivity index (χ3n) is 2.30. The smallest absolute Gasteiger partial charge is 0.240 e. The van der Waals surface area contributed by atoms with Gasteiger partial charge >= 0.3 is 10.2 Å². The van der Waals surface area contributed by atoms with Crippen molar-refractivity contribution >= 4 is 10.2 Å². The molecule has 0 spiro atoms. The Kier molecular flexibility index (Phi) is 4.25. The fourth-order valence-corrected chi connectivity index (χ4v) is 2.40. The van der Waals surface area contributed by atoms with E-state index in [2.05, 4.69) is 18.1 Å². The predicted octanol–water partition coefficient (Wildman–Crippen LogP) is 0.995. The van der Waals surface area contributed by atoms with Crippen LogP contribution >= 0.6 is 0 Å². The SMILES string of the molecule is C=CCc1ncn(S(=O)(=O)N(C)C)c1CC=C. The van der Waals surface area contributed by atoms with Crippen molar-refractivity contribution in [3.8, 4) is 0 Å². The first-order chi connectivity index (χ1) is 7.95. The van der Waals surface area contributed by atoms with E-state index in [1.807, 2.05) is 0 Å². The number of aromatic nitrogens is 2. The van der Waals surface area contributed by atoms with Crippen LogP contribution in [0.5, 0.6) is 0 Å². The fourth-order valence-electron chi connectivity index (χ4n) is 1.42. The number of allylic oxidation sites excluding steroid dienone is 2. The summed E-state index contributed by atoms with van der Waals surface area (Å²) in [5.74, 6) is 0. The molecule has 0 bridgehead atoms. The van der Waals surface area contributed by atoms with Crippen molar-refractivity contribution in [3.63, 3.8) is 0 Å². The molecule has 0 aliphatic carbocycles. The summed E-state index contributed by atoms with van der Waals surface area (Å²) in [4.78, 5) is 4.11. The van der Waals surface area contributed by atoms with E-state index in [9.17, 15) is 8.42 Å². The Bertz CT molecular complexity index is 515. The number of nitrogens with zero attached hydrogens (tertiary/aromatic N) is 3. The van der Waals surface area contributed by atoms with Gasteiger partial charge in [-0.05, 0) is 0 Å². The number of hydrogen-bond donors (Lipinski definition) is 0. The van der Waals surface area contributed by atoms with Crippen molar-refractivity contribution < 1.29 is 8.42 Å². The molecule has 17 heavy (non-hydrogen) atoms. The molecule has 0 unspecified atom stereocenters. The summed E-state index contributed by atoms with van der Waals surface area (Å²) in [6.07, 6.45) is 5.68. The maximum atomic E-state index is 12.0.